The van der Waals surface area contributed by atoms with Crippen LogP contribution in [0.5, 0.6) is 5.75 Å². The summed E-state index contributed by atoms with van der Waals surface area (Å²) in [5.41, 5.74) is 2.35. The molecule has 3 rings (SSSR count). The van der Waals surface area contributed by atoms with Gasteiger partial charge in [0.1, 0.15) is 12.4 Å². The van der Waals surface area contributed by atoms with Gasteiger partial charge in [-0.3, -0.25) is 9.69 Å². The number of amides is 1. The predicted octanol–water partition coefficient (Wildman–Crippen LogP) is 4.60. The number of fused-ring (bicyclic) bond motifs is 1. The van der Waals surface area contributed by atoms with Crippen LogP contribution in [-0.2, 0) is 11.2 Å². The molecule has 0 unspecified atom stereocenters. The van der Waals surface area contributed by atoms with Gasteiger partial charge >= 0.3 is 0 Å². The van der Waals surface area contributed by atoms with Crippen LogP contribution in [0.4, 0.5) is 0 Å². The molecule has 0 saturated heterocycles. The van der Waals surface area contributed by atoms with Gasteiger partial charge in [0.15, 0.2) is 0 Å². The molecule has 0 saturated carbocycles. The van der Waals surface area contributed by atoms with Gasteiger partial charge in [0.2, 0.25) is 5.91 Å². The highest BCUT2D eigenvalue weighted by Crippen LogP contribution is 2.34. The molecule has 2 atom stereocenters. The second kappa shape index (κ2) is 11.6. The molecule has 0 spiro atoms. The molecule has 0 bridgehead atoms. The van der Waals surface area contributed by atoms with Crippen LogP contribution < -0.4 is 4.74 Å². The highest BCUT2D eigenvalue weighted by molar-refractivity contribution is 7.10. The summed E-state index contributed by atoms with van der Waals surface area (Å²) in [4.78, 5) is 18.8. The van der Waals surface area contributed by atoms with E-state index >= 15 is 0 Å². The second-order valence-corrected chi connectivity index (χ2v) is 9.82. The van der Waals surface area contributed by atoms with E-state index in [-0.39, 0.29) is 18.0 Å². The molecule has 1 aliphatic rings. The zero-order valence-corrected chi connectivity index (χ0v) is 20.3. The Bertz CT molecular complexity index is 895. The van der Waals surface area contributed by atoms with Gasteiger partial charge in [-0.15, -0.1) is 17.9 Å². The number of thiophene rings is 1. The summed E-state index contributed by atoms with van der Waals surface area (Å²) in [5.74, 6) is 0.915. The minimum absolute atomic E-state index is 0.0873. The van der Waals surface area contributed by atoms with E-state index in [1.807, 2.05) is 42.2 Å². The molecule has 32 heavy (non-hydrogen) atoms. The first kappa shape index (κ1) is 24.5. The largest absolute Gasteiger partial charge is 0.491 e. The smallest absolute Gasteiger partial charge is 0.237 e. The molecular formula is C26H36N2O3S. The fourth-order valence-corrected chi connectivity index (χ4v) is 5.08. The molecule has 0 radical (unpaired) electrons. The van der Waals surface area contributed by atoms with Crippen LogP contribution in [0.25, 0.3) is 0 Å². The van der Waals surface area contributed by atoms with Crippen molar-refractivity contribution in [2.75, 3.05) is 26.2 Å². The van der Waals surface area contributed by atoms with E-state index in [0.29, 0.717) is 32.7 Å². The summed E-state index contributed by atoms with van der Waals surface area (Å²) in [7, 11) is 0. The van der Waals surface area contributed by atoms with Gasteiger partial charge in [0, 0.05) is 24.0 Å². The molecule has 0 fully saturated rings. The molecule has 1 amide bonds. The average Bonchev–Trinajstić information content (AvgIpc) is 3.24. The monoisotopic (exact) mass is 456 g/mol. The zero-order valence-electron chi connectivity index (χ0n) is 19.5. The minimum atomic E-state index is -0.464. The number of benzene rings is 1. The topological polar surface area (TPSA) is 53.0 Å². The Labute approximate surface area is 196 Å². The maximum Gasteiger partial charge on any atom is 0.237 e. The Kier molecular flexibility index (Phi) is 8.91. The summed E-state index contributed by atoms with van der Waals surface area (Å²) in [6.07, 6.45) is 3.67. The number of aliphatic hydroxyl groups is 1. The van der Waals surface area contributed by atoms with Gasteiger partial charge in [-0.2, -0.15) is 0 Å². The van der Waals surface area contributed by atoms with Crippen molar-refractivity contribution in [1.29, 1.82) is 0 Å². The summed E-state index contributed by atoms with van der Waals surface area (Å²) < 4.78 is 6.14. The standard InChI is InChI=1S/C26H36N2O3S/c1-5-6-9-21(29)16-27(19(2)3)17-26(30)28-13-11-25-23(12-14-32-25)24(28)18-31-22-10-7-8-20(4)15-22/h5,7-8,10,12,14-15,19,21,24,29H,1,6,9,11,13,16-18H2,2-4H3/t21-,24+/m1/s1. The number of ether oxygens (including phenoxy) is 1. The van der Waals surface area contributed by atoms with Crippen LogP contribution in [0, 0.1) is 6.92 Å². The lowest BCUT2D eigenvalue weighted by molar-refractivity contribution is -0.137. The number of carbonyl (C=O) groups excluding carboxylic acids is 1. The van der Waals surface area contributed by atoms with Crippen LogP contribution in [0.15, 0.2) is 48.4 Å². The van der Waals surface area contributed by atoms with E-state index in [1.54, 1.807) is 11.3 Å². The second-order valence-electron chi connectivity index (χ2n) is 8.82. The maximum absolute atomic E-state index is 13.5. The normalized spacial score (nSPS) is 16.8. The number of carbonyl (C=O) groups is 1. The van der Waals surface area contributed by atoms with Crippen LogP contribution in [0.3, 0.4) is 0 Å². The lowest BCUT2D eigenvalue weighted by Crippen LogP contribution is -2.49. The highest BCUT2D eigenvalue weighted by Gasteiger charge is 2.33. The first-order valence-corrected chi connectivity index (χ1v) is 12.3. The third kappa shape index (κ3) is 6.44. The van der Waals surface area contributed by atoms with Gasteiger partial charge < -0.3 is 14.7 Å². The Morgan fingerprint density at radius 1 is 1.41 bits per heavy atom. The van der Waals surface area contributed by atoms with Crippen molar-refractivity contribution < 1.29 is 14.6 Å². The Morgan fingerprint density at radius 2 is 2.22 bits per heavy atom. The van der Waals surface area contributed by atoms with Crippen molar-refractivity contribution in [3.05, 3.63) is 64.4 Å². The molecule has 2 heterocycles. The van der Waals surface area contributed by atoms with E-state index in [1.165, 1.54) is 10.4 Å². The van der Waals surface area contributed by atoms with Crippen molar-refractivity contribution in [2.45, 2.75) is 58.2 Å². The Morgan fingerprint density at radius 3 is 2.94 bits per heavy atom. The van der Waals surface area contributed by atoms with E-state index in [4.69, 9.17) is 4.74 Å². The van der Waals surface area contributed by atoms with Crippen molar-refractivity contribution in [3.8, 4) is 5.75 Å². The number of aliphatic hydroxyl groups excluding tert-OH is 1. The molecule has 2 aromatic rings. The van der Waals surface area contributed by atoms with Gasteiger partial charge in [0.25, 0.3) is 0 Å². The molecule has 174 valence electrons. The van der Waals surface area contributed by atoms with E-state index in [0.717, 1.165) is 24.2 Å². The number of rotatable bonds is 11. The van der Waals surface area contributed by atoms with Gasteiger partial charge in [-0.25, -0.2) is 0 Å². The van der Waals surface area contributed by atoms with Crippen molar-refractivity contribution in [1.82, 2.24) is 9.80 Å². The lowest BCUT2D eigenvalue weighted by Gasteiger charge is -2.38. The lowest BCUT2D eigenvalue weighted by atomic mass is 10.00. The first-order chi connectivity index (χ1) is 15.4. The van der Waals surface area contributed by atoms with Gasteiger partial charge in [0.05, 0.1) is 18.7 Å². The fourth-order valence-electron chi connectivity index (χ4n) is 4.15. The first-order valence-electron chi connectivity index (χ1n) is 11.5. The Balaban J connectivity index is 1.71. The summed E-state index contributed by atoms with van der Waals surface area (Å²) in [5, 5.41) is 12.5. The van der Waals surface area contributed by atoms with Gasteiger partial charge in [-0.1, -0.05) is 18.2 Å². The highest BCUT2D eigenvalue weighted by atomic mass is 32.1. The predicted molar refractivity (Wildman–Crippen MR) is 131 cm³/mol. The molecule has 5 nitrogen and oxygen atoms in total. The van der Waals surface area contributed by atoms with E-state index in [2.05, 4.69) is 36.8 Å². The van der Waals surface area contributed by atoms with Crippen LogP contribution in [0.2, 0.25) is 0 Å². The van der Waals surface area contributed by atoms with E-state index in [9.17, 15) is 9.90 Å². The molecule has 1 aromatic heterocycles. The van der Waals surface area contributed by atoms with Crippen molar-refractivity contribution in [3.63, 3.8) is 0 Å². The number of hydrogen-bond acceptors (Lipinski definition) is 5. The number of allylic oxidation sites excluding steroid dienone is 1. The van der Waals surface area contributed by atoms with Crippen LogP contribution >= 0.6 is 11.3 Å². The van der Waals surface area contributed by atoms with Crippen molar-refractivity contribution >= 4 is 17.2 Å². The van der Waals surface area contributed by atoms with Crippen molar-refractivity contribution in [2.24, 2.45) is 0 Å². The van der Waals surface area contributed by atoms with Gasteiger partial charge in [-0.05, 0) is 74.7 Å². The summed E-state index contributed by atoms with van der Waals surface area (Å²) >= 11 is 1.76. The van der Waals surface area contributed by atoms with E-state index < -0.39 is 6.10 Å². The SMILES string of the molecule is C=CCC[C@@H](O)CN(CC(=O)N1CCc2sccc2[C@@H]1COc1cccc(C)c1)C(C)C. The third-order valence-corrected chi connectivity index (χ3v) is 7.03. The molecule has 1 N–H and O–H groups in total. The average molecular weight is 457 g/mol. The maximum atomic E-state index is 13.5. The minimum Gasteiger partial charge on any atom is -0.491 e. The number of nitrogens with zero attached hydrogens (tertiary/aromatic N) is 2. The van der Waals surface area contributed by atoms with Crippen LogP contribution in [0.1, 0.15) is 48.7 Å². The number of hydrogen-bond donors (Lipinski definition) is 1. The molecule has 6 heteroatoms. The molecule has 1 aliphatic heterocycles. The summed E-state index contributed by atoms with van der Waals surface area (Å²) in [6, 6.07) is 10.2. The quantitative estimate of drug-likeness (QED) is 0.502. The summed E-state index contributed by atoms with van der Waals surface area (Å²) in [6.45, 7) is 11.8. The Hall–Kier alpha value is -2.15. The zero-order chi connectivity index (χ0) is 23.1. The molecule has 1 aromatic carbocycles. The molecule has 0 aliphatic carbocycles. The van der Waals surface area contributed by atoms with Crippen LogP contribution in [-0.4, -0.2) is 59.2 Å². The number of aryl methyl sites for hydroxylation is 1. The third-order valence-electron chi connectivity index (χ3n) is 6.03. The molecular weight excluding hydrogens is 420 g/mol. The fraction of sp³-hybridized carbons (Fsp3) is 0.500.